The molecule has 118 valence electrons. The van der Waals surface area contributed by atoms with Crippen LogP contribution in [-0.4, -0.2) is 19.7 Å². The zero-order valence-electron chi connectivity index (χ0n) is 13.4. The number of hydrogen-bond acceptors (Lipinski definition) is 2. The highest BCUT2D eigenvalue weighted by Gasteiger charge is 2.09. The number of unbranched alkanes of at least 4 members (excludes halogenated alkanes) is 1. The van der Waals surface area contributed by atoms with Crippen LogP contribution >= 0.6 is 0 Å². The molecule has 0 aromatic heterocycles. The Morgan fingerprint density at radius 1 is 1.29 bits per heavy atom. The first-order valence-electron chi connectivity index (χ1n) is 7.82. The molecule has 4 nitrogen and oxygen atoms in total. The molecule has 0 aliphatic heterocycles. The zero-order valence-corrected chi connectivity index (χ0v) is 13.4. The highest BCUT2D eigenvalue weighted by atomic mass is 16.5. The molecule has 1 atom stereocenters. The molecule has 0 spiro atoms. The number of methoxy groups -OCH3 is 1. The number of benzene rings is 1. The number of ether oxygens (including phenoxy) is 1. The fourth-order valence-corrected chi connectivity index (χ4v) is 2.27. The third-order valence-corrected chi connectivity index (χ3v) is 3.66. The van der Waals surface area contributed by atoms with Crippen molar-refractivity contribution in [3.63, 3.8) is 0 Å². The molecule has 2 N–H and O–H groups in total. The van der Waals surface area contributed by atoms with Gasteiger partial charge in [-0.05, 0) is 18.4 Å². The number of nitrogens with one attached hydrogen (secondary N) is 2. The summed E-state index contributed by atoms with van der Waals surface area (Å²) in [7, 11) is 1.65. The minimum atomic E-state index is -0.145. The van der Waals surface area contributed by atoms with Crippen LogP contribution in [0, 0.1) is 5.92 Å². The Morgan fingerprint density at radius 3 is 2.71 bits per heavy atom. The minimum Gasteiger partial charge on any atom is -0.380 e. The van der Waals surface area contributed by atoms with Gasteiger partial charge in [0.15, 0.2) is 0 Å². The zero-order chi connectivity index (χ0) is 15.5. The lowest BCUT2D eigenvalue weighted by atomic mass is 9.99. The number of para-hydroxylation sites is 1. The van der Waals surface area contributed by atoms with Crippen LogP contribution in [0.1, 0.15) is 45.1 Å². The normalized spacial score (nSPS) is 12.0. The second-order valence-electron chi connectivity index (χ2n) is 5.34. The van der Waals surface area contributed by atoms with Crippen LogP contribution in [0.25, 0.3) is 0 Å². The van der Waals surface area contributed by atoms with E-state index in [2.05, 4.69) is 24.5 Å². The van der Waals surface area contributed by atoms with E-state index in [9.17, 15) is 4.79 Å². The fraction of sp³-hybridized carbons (Fsp3) is 0.588. The van der Waals surface area contributed by atoms with Gasteiger partial charge in [-0.1, -0.05) is 51.3 Å². The largest absolute Gasteiger partial charge is 0.380 e. The molecule has 0 radical (unpaired) electrons. The van der Waals surface area contributed by atoms with Gasteiger partial charge >= 0.3 is 6.03 Å². The highest BCUT2D eigenvalue weighted by molar-refractivity contribution is 5.90. The summed E-state index contributed by atoms with van der Waals surface area (Å²) in [5.41, 5.74) is 1.78. The van der Waals surface area contributed by atoms with Crippen molar-refractivity contribution >= 4 is 11.7 Å². The van der Waals surface area contributed by atoms with Gasteiger partial charge in [-0.2, -0.15) is 0 Å². The summed E-state index contributed by atoms with van der Waals surface area (Å²) in [6.07, 6.45) is 4.69. The van der Waals surface area contributed by atoms with E-state index in [0.717, 1.165) is 24.2 Å². The van der Waals surface area contributed by atoms with E-state index in [0.29, 0.717) is 12.5 Å². The molecular formula is C17H28N2O2. The molecule has 0 bridgehead atoms. The molecule has 2 amide bonds. The number of urea groups is 1. The molecular weight excluding hydrogens is 264 g/mol. The van der Waals surface area contributed by atoms with Gasteiger partial charge < -0.3 is 15.4 Å². The number of carbonyl (C=O) groups excluding carboxylic acids is 1. The van der Waals surface area contributed by atoms with E-state index in [-0.39, 0.29) is 6.03 Å². The van der Waals surface area contributed by atoms with Crippen LogP contribution in [0.15, 0.2) is 24.3 Å². The highest BCUT2D eigenvalue weighted by Crippen LogP contribution is 2.16. The maximum Gasteiger partial charge on any atom is 0.319 e. The van der Waals surface area contributed by atoms with Crippen LogP contribution in [0.4, 0.5) is 10.5 Å². The lowest BCUT2D eigenvalue weighted by Crippen LogP contribution is -2.33. The Bertz CT molecular complexity index is 421. The van der Waals surface area contributed by atoms with Gasteiger partial charge in [0, 0.05) is 24.9 Å². The van der Waals surface area contributed by atoms with E-state index in [1.54, 1.807) is 7.11 Å². The lowest BCUT2D eigenvalue weighted by Gasteiger charge is -2.16. The average molecular weight is 292 g/mol. The Kier molecular flexibility index (Phi) is 8.51. The Morgan fingerprint density at radius 2 is 2.05 bits per heavy atom. The number of amides is 2. The van der Waals surface area contributed by atoms with E-state index in [1.165, 1.54) is 19.3 Å². The molecule has 0 aliphatic rings. The van der Waals surface area contributed by atoms with Gasteiger partial charge in [0.1, 0.15) is 0 Å². The lowest BCUT2D eigenvalue weighted by molar-refractivity contribution is 0.185. The van der Waals surface area contributed by atoms with Crippen molar-refractivity contribution in [2.45, 2.75) is 46.1 Å². The van der Waals surface area contributed by atoms with Crippen LogP contribution in [0.2, 0.25) is 0 Å². The first-order valence-corrected chi connectivity index (χ1v) is 7.82. The van der Waals surface area contributed by atoms with Crippen molar-refractivity contribution in [1.29, 1.82) is 0 Å². The predicted molar refractivity (Wildman–Crippen MR) is 87.5 cm³/mol. The van der Waals surface area contributed by atoms with Gasteiger partial charge in [-0.3, -0.25) is 0 Å². The van der Waals surface area contributed by atoms with E-state index < -0.39 is 0 Å². The average Bonchev–Trinajstić information content (AvgIpc) is 2.50. The smallest absolute Gasteiger partial charge is 0.319 e. The molecule has 4 heteroatoms. The van der Waals surface area contributed by atoms with Crippen LogP contribution in [0.3, 0.4) is 0 Å². The second-order valence-corrected chi connectivity index (χ2v) is 5.34. The minimum absolute atomic E-state index is 0.145. The Hall–Kier alpha value is -1.55. The third kappa shape index (κ3) is 6.63. The van der Waals surface area contributed by atoms with Gasteiger partial charge in [-0.25, -0.2) is 4.79 Å². The molecule has 1 rings (SSSR count). The number of hydrogen-bond donors (Lipinski definition) is 2. The van der Waals surface area contributed by atoms with Crippen molar-refractivity contribution in [2.24, 2.45) is 5.92 Å². The molecule has 0 aliphatic carbocycles. The van der Waals surface area contributed by atoms with Crippen molar-refractivity contribution < 1.29 is 9.53 Å². The summed E-state index contributed by atoms with van der Waals surface area (Å²) in [5, 5.41) is 5.87. The summed E-state index contributed by atoms with van der Waals surface area (Å²) < 4.78 is 5.14. The molecule has 0 fully saturated rings. The van der Waals surface area contributed by atoms with Crippen molar-refractivity contribution in [1.82, 2.24) is 5.32 Å². The quantitative estimate of drug-likeness (QED) is 0.717. The Balaban J connectivity index is 2.46. The summed E-state index contributed by atoms with van der Waals surface area (Å²) in [4.78, 5) is 12.0. The molecule has 0 unspecified atom stereocenters. The maximum absolute atomic E-state index is 12.0. The van der Waals surface area contributed by atoms with Crippen molar-refractivity contribution in [3.8, 4) is 0 Å². The van der Waals surface area contributed by atoms with Crippen LogP contribution in [-0.2, 0) is 11.3 Å². The van der Waals surface area contributed by atoms with E-state index in [4.69, 9.17) is 4.74 Å². The molecule has 1 aromatic carbocycles. The van der Waals surface area contributed by atoms with Crippen molar-refractivity contribution in [3.05, 3.63) is 29.8 Å². The number of carbonyl (C=O) groups is 1. The maximum atomic E-state index is 12.0. The second kappa shape index (κ2) is 10.2. The third-order valence-electron chi connectivity index (χ3n) is 3.66. The van der Waals surface area contributed by atoms with E-state index in [1.807, 2.05) is 24.3 Å². The number of rotatable bonds is 9. The van der Waals surface area contributed by atoms with Gasteiger partial charge in [0.05, 0.1) is 6.61 Å². The topological polar surface area (TPSA) is 50.4 Å². The monoisotopic (exact) mass is 292 g/mol. The SMILES string of the molecule is CCCC[C@@H](CC)CNC(=O)Nc1ccccc1COC. The first kappa shape index (κ1) is 17.5. The summed E-state index contributed by atoms with van der Waals surface area (Å²) in [6.45, 7) is 5.59. The first-order chi connectivity index (χ1) is 10.2. The van der Waals surface area contributed by atoms with Gasteiger partial charge in [0.25, 0.3) is 0 Å². The van der Waals surface area contributed by atoms with Crippen LogP contribution < -0.4 is 10.6 Å². The molecule has 21 heavy (non-hydrogen) atoms. The predicted octanol–water partition coefficient (Wildman–Crippen LogP) is 4.17. The van der Waals surface area contributed by atoms with Crippen molar-refractivity contribution in [2.75, 3.05) is 19.0 Å². The van der Waals surface area contributed by atoms with Crippen LogP contribution in [0.5, 0.6) is 0 Å². The summed E-state index contributed by atoms with van der Waals surface area (Å²) in [6, 6.07) is 7.55. The standard InChI is InChI=1S/C17H28N2O2/c1-4-6-9-14(5-2)12-18-17(20)19-16-11-8-7-10-15(16)13-21-3/h7-8,10-11,14H,4-6,9,12-13H2,1-3H3,(H2,18,19,20)/t14-/m1/s1. The summed E-state index contributed by atoms with van der Waals surface area (Å²) >= 11 is 0. The van der Waals surface area contributed by atoms with E-state index >= 15 is 0 Å². The van der Waals surface area contributed by atoms with Gasteiger partial charge in [0.2, 0.25) is 0 Å². The molecule has 1 aromatic rings. The van der Waals surface area contributed by atoms with Gasteiger partial charge in [-0.15, -0.1) is 0 Å². The number of anilines is 1. The Labute approximate surface area is 128 Å². The molecule has 0 saturated carbocycles. The molecule has 0 saturated heterocycles. The summed E-state index contributed by atoms with van der Waals surface area (Å²) in [5.74, 6) is 0.560. The molecule has 0 heterocycles. The fourth-order valence-electron chi connectivity index (χ4n) is 2.27.